The van der Waals surface area contributed by atoms with E-state index >= 15 is 0 Å². The van der Waals surface area contributed by atoms with E-state index in [1.165, 1.54) is 30.7 Å². The van der Waals surface area contributed by atoms with Crippen molar-refractivity contribution >= 4 is 21.7 Å². The SMILES string of the molecule is OC(c1ccc2c(c1)cc(C1CC1)n2-c1ccc(F)cc1)c1nccc2ccccc12. The number of halogens is 1. The van der Waals surface area contributed by atoms with Gasteiger partial charge >= 0.3 is 0 Å². The Bertz CT molecular complexity index is 1410. The summed E-state index contributed by atoms with van der Waals surface area (Å²) in [5, 5.41) is 14.3. The smallest absolute Gasteiger partial charge is 0.123 e. The van der Waals surface area contributed by atoms with Crippen molar-refractivity contribution in [3.05, 3.63) is 108 Å². The molecule has 0 bridgehead atoms. The molecule has 152 valence electrons. The van der Waals surface area contributed by atoms with Crippen molar-refractivity contribution in [2.75, 3.05) is 0 Å². The Morgan fingerprint density at radius 1 is 0.903 bits per heavy atom. The van der Waals surface area contributed by atoms with E-state index in [0.717, 1.165) is 32.9 Å². The minimum Gasteiger partial charge on any atom is -0.382 e. The molecule has 0 amide bonds. The summed E-state index contributed by atoms with van der Waals surface area (Å²) < 4.78 is 15.7. The highest BCUT2D eigenvalue weighted by molar-refractivity contribution is 5.87. The third-order valence-corrected chi connectivity index (χ3v) is 6.21. The first-order valence-corrected chi connectivity index (χ1v) is 10.6. The summed E-state index contributed by atoms with van der Waals surface area (Å²) in [4.78, 5) is 4.49. The zero-order chi connectivity index (χ0) is 20.9. The van der Waals surface area contributed by atoms with Gasteiger partial charge in [0.1, 0.15) is 11.9 Å². The van der Waals surface area contributed by atoms with Crippen LogP contribution in [-0.4, -0.2) is 14.7 Å². The number of aliphatic hydroxyl groups is 1. The minimum atomic E-state index is -0.811. The van der Waals surface area contributed by atoms with Crippen LogP contribution in [0.4, 0.5) is 4.39 Å². The fourth-order valence-electron chi connectivity index (χ4n) is 4.50. The molecule has 0 radical (unpaired) electrons. The lowest BCUT2D eigenvalue weighted by Crippen LogP contribution is -2.03. The molecule has 2 aromatic heterocycles. The van der Waals surface area contributed by atoms with Crippen molar-refractivity contribution in [1.29, 1.82) is 0 Å². The number of hydrogen-bond acceptors (Lipinski definition) is 2. The molecule has 2 heterocycles. The summed E-state index contributed by atoms with van der Waals surface area (Å²) in [5.74, 6) is 0.298. The Morgan fingerprint density at radius 2 is 1.71 bits per heavy atom. The van der Waals surface area contributed by atoms with Crippen LogP contribution in [0.25, 0.3) is 27.4 Å². The summed E-state index contributed by atoms with van der Waals surface area (Å²) in [6, 6.07) is 24.9. The van der Waals surface area contributed by atoms with E-state index in [-0.39, 0.29) is 5.82 Å². The van der Waals surface area contributed by atoms with Crippen LogP contribution in [0.5, 0.6) is 0 Å². The molecular weight excluding hydrogens is 387 g/mol. The molecule has 1 atom stereocenters. The predicted molar refractivity (Wildman–Crippen MR) is 121 cm³/mol. The van der Waals surface area contributed by atoms with E-state index in [0.29, 0.717) is 11.6 Å². The number of pyridine rings is 1. The number of rotatable bonds is 4. The first-order chi connectivity index (χ1) is 15.2. The second-order valence-electron chi connectivity index (χ2n) is 8.29. The molecule has 1 aliphatic rings. The molecule has 0 spiro atoms. The molecule has 1 aliphatic carbocycles. The molecule has 1 saturated carbocycles. The zero-order valence-electron chi connectivity index (χ0n) is 16.9. The van der Waals surface area contributed by atoms with E-state index < -0.39 is 6.10 Å². The quantitative estimate of drug-likeness (QED) is 0.380. The predicted octanol–water partition coefficient (Wildman–Crippen LogP) is 6.28. The molecule has 6 rings (SSSR count). The van der Waals surface area contributed by atoms with E-state index in [1.54, 1.807) is 6.20 Å². The molecule has 31 heavy (non-hydrogen) atoms. The van der Waals surface area contributed by atoms with Crippen molar-refractivity contribution in [3.8, 4) is 5.69 Å². The standard InChI is InChI=1S/C27H21FN2O/c28-21-8-10-22(11-9-21)30-24-12-7-19(15-20(24)16-25(30)18-5-6-18)27(31)26-23-4-2-1-3-17(23)13-14-29-26/h1-4,7-16,18,27,31H,5-6H2. The molecule has 5 aromatic rings. The van der Waals surface area contributed by atoms with Gasteiger partial charge in [-0.1, -0.05) is 30.3 Å². The van der Waals surface area contributed by atoms with E-state index in [2.05, 4.69) is 21.7 Å². The topological polar surface area (TPSA) is 38.0 Å². The highest BCUT2D eigenvalue weighted by Gasteiger charge is 2.28. The maximum Gasteiger partial charge on any atom is 0.123 e. The average Bonchev–Trinajstić information content (AvgIpc) is 3.59. The van der Waals surface area contributed by atoms with Crippen LogP contribution >= 0.6 is 0 Å². The lowest BCUT2D eigenvalue weighted by atomic mass is 10.00. The van der Waals surface area contributed by atoms with E-state index in [1.807, 2.05) is 54.6 Å². The first-order valence-electron chi connectivity index (χ1n) is 10.6. The highest BCUT2D eigenvalue weighted by atomic mass is 19.1. The Labute approximate surface area is 179 Å². The van der Waals surface area contributed by atoms with Crippen LogP contribution in [0.15, 0.2) is 85.1 Å². The van der Waals surface area contributed by atoms with Gasteiger partial charge in [0.25, 0.3) is 0 Å². The van der Waals surface area contributed by atoms with Crippen LogP contribution in [-0.2, 0) is 0 Å². The monoisotopic (exact) mass is 408 g/mol. The first kappa shape index (κ1) is 18.3. The van der Waals surface area contributed by atoms with Crippen molar-refractivity contribution in [3.63, 3.8) is 0 Å². The third-order valence-electron chi connectivity index (χ3n) is 6.21. The molecule has 0 aliphatic heterocycles. The van der Waals surface area contributed by atoms with Gasteiger partial charge in [-0.25, -0.2) is 4.39 Å². The Kier molecular flexibility index (Phi) is 4.15. The number of aliphatic hydroxyl groups excluding tert-OH is 1. The van der Waals surface area contributed by atoms with Crippen molar-refractivity contribution < 1.29 is 9.50 Å². The van der Waals surface area contributed by atoms with Gasteiger partial charge in [-0.15, -0.1) is 0 Å². The largest absolute Gasteiger partial charge is 0.382 e. The van der Waals surface area contributed by atoms with Crippen LogP contribution < -0.4 is 0 Å². The summed E-state index contributed by atoms with van der Waals surface area (Å²) in [5.41, 5.74) is 4.75. The van der Waals surface area contributed by atoms with Gasteiger partial charge in [0, 0.05) is 28.4 Å². The average molecular weight is 408 g/mol. The van der Waals surface area contributed by atoms with E-state index in [4.69, 9.17) is 0 Å². The van der Waals surface area contributed by atoms with Crippen molar-refractivity contribution in [2.24, 2.45) is 0 Å². The van der Waals surface area contributed by atoms with Gasteiger partial charge in [-0.05, 0) is 78.2 Å². The normalized spacial score (nSPS) is 14.9. The van der Waals surface area contributed by atoms with Gasteiger partial charge in [-0.3, -0.25) is 4.98 Å². The molecule has 3 nitrogen and oxygen atoms in total. The van der Waals surface area contributed by atoms with E-state index in [9.17, 15) is 9.50 Å². The van der Waals surface area contributed by atoms with Gasteiger partial charge in [0.05, 0.1) is 11.2 Å². The molecule has 3 aromatic carbocycles. The molecular formula is C27H21FN2O. The Balaban J connectivity index is 1.48. The molecule has 1 fully saturated rings. The maximum absolute atomic E-state index is 13.5. The second-order valence-corrected chi connectivity index (χ2v) is 8.29. The fourth-order valence-corrected chi connectivity index (χ4v) is 4.50. The van der Waals surface area contributed by atoms with Crippen LogP contribution in [0.2, 0.25) is 0 Å². The number of nitrogens with zero attached hydrogens (tertiary/aromatic N) is 2. The number of aromatic nitrogens is 2. The number of hydrogen-bond donors (Lipinski definition) is 1. The van der Waals surface area contributed by atoms with Crippen molar-refractivity contribution in [1.82, 2.24) is 9.55 Å². The highest BCUT2D eigenvalue weighted by Crippen LogP contribution is 2.44. The summed E-state index contributed by atoms with van der Waals surface area (Å²) in [6.07, 6.45) is 3.28. The van der Waals surface area contributed by atoms with Gasteiger partial charge < -0.3 is 9.67 Å². The van der Waals surface area contributed by atoms with Gasteiger partial charge in [0.15, 0.2) is 0 Å². The minimum absolute atomic E-state index is 0.235. The third kappa shape index (κ3) is 3.11. The molecule has 4 heteroatoms. The van der Waals surface area contributed by atoms with Gasteiger partial charge in [-0.2, -0.15) is 0 Å². The molecule has 1 N–H and O–H groups in total. The maximum atomic E-state index is 13.5. The lowest BCUT2D eigenvalue weighted by molar-refractivity contribution is 0.217. The second kappa shape index (κ2) is 7.03. The van der Waals surface area contributed by atoms with Crippen LogP contribution in [0.1, 0.15) is 41.8 Å². The number of fused-ring (bicyclic) bond motifs is 2. The molecule has 1 unspecified atom stereocenters. The Hall–Kier alpha value is -3.50. The van der Waals surface area contributed by atoms with Crippen LogP contribution in [0, 0.1) is 5.82 Å². The molecule has 0 saturated heterocycles. The summed E-state index contributed by atoms with van der Waals surface area (Å²) >= 11 is 0. The van der Waals surface area contributed by atoms with Gasteiger partial charge in [0.2, 0.25) is 0 Å². The van der Waals surface area contributed by atoms with Crippen molar-refractivity contribution in [2.45, 2.75) is 24.9 Å². The lowest BCUT2D eigenvalue weighted by Gasteiger charge is -2.14. The fraction of sp³-hybridized carbons (Fsp3) is 0.148. The van der Waals surface area contributed by atoms with Crippen LogP contribution in [0.3, 0.4) is 0 Å². The summed E-state index contributed by atoms with van der Waals surface area (Å²) in [6.45, 7) is 0. The number of benzene rings is 3. The Morgan fingerprint density at radius 3 is 2.52 bits per heavy atom. The zero-order valence-corrected chi connectivity index (χ0v) is 16.9. The summed E-state index contributed by atoms with van der Waals surface area (Å²) in [7, 11) is 0.